The van der Waals surface area contributed by atoms with Crippen LogP contribution in [0.3, 0.4) is 0 Å². The zero-order valence-electron chi connectivity index (χ0n) is 12.4. The molecule has 1 atom stereocenters. The number of amides is 2. The average Bonchev–Trinajstić information content (AvgIpc) is 2.36. The second kappa shape index (κ2) is 6.26. The van der Waals surface area contributed by atoms with E-state index >= 15 is 0 Å². The van der Waals surface area contributed by atoms with E-state index in [-0.39, 0.29) is 11.4 Å². The summed E-state index contributed by atoms with van der Waals surface area (Å²) in [5, 5.41) is 11.9. The number of nitrogens with zero attached hydrogens (tertiary/aromatic N) is 1. The number of carbonyl (C=O) groups is 2. The first-order valence-corrected chi connectivity index (χ1v) is 6.99. The van der Waals surface area contributed by atoms with Gasteiger partial charge < -0.3 is 15.3 Å². The van der Waals surface area contributed by atoms with Gasteiger partial charge in [0.15, 0.2) is 0 Å². The van der Waals surface area contributed by atoms with Gasteiger partial charge in [-0.3, -0.25) is 4.79 Å². The fourth-order valence-electron chi connectivity index (χ4n) is 1.98. The Morgan fingerprint density at radius 3 is 2.58 bits per heavy atom. The zero-order chi connectivity index (χ0) is 14.6. The van der Waals surface area contributed by atoms with Gasteiger partial charge in [-0.05, 0) is 24.2 Å². The summed E-state index contributed by atoms with van der Waals surface area (Å²) in [5.74, 6) is -0.751. The predicted octanol–water partition coefficient (Wildman–Crippen LogP) is 2.17. The minimum Gasteiger partial charge on any atom is -0.481 e. The monoisotopic (exact) mass is 270 g/mol. The molecular weight excluding hydrogens is 244 g/mol. The topological polar surface area (TPSA) is 69.6 Å². The maximum atomic E-state index is 12.1. The molecule has 0 aliphatic carbocycles. The summed E-state index contributed by atoms with van der Waals surface area (Å²) in [6.45, 7) is 10.1. The van der Waals surface area contributed by atoms with Crippen LogP contribution in [0.4, 0.5) is 4.79 Å². The van der Waals surface area contributed by atoms with Gasteiger partial charge in [0.2, 0.25) is 0 Å². The number of rotatable bonds is 4. The SMILES string of the molecule is CC(C)C(C)(C)CNC(=O)N1CCCC(C(=O)O)C1. The quantitative estimate of drug-likeness (QED) is 0.822. The van der Waals surface area contributed by atoms with Gasteiger partial charge in [-0.25, -0.2) is 4.79 Å². The summed E-state index contributed by atoms with van der Waals surface area (Å²) in [4.78, 5) is 24.7. The van der Waals surface area contributed by atoms with Crippen molar-refractivity contribution < 1.29 is 14.7 Å². The van der Waals surface area contributed by atoms with Crippen molar-refractivity contribution in [3.63, 3.8) is 0 Å². The Kier molecular flexibility index (Phi) is 5.20. The summed E-state index contributed by atoms with van der Waals surface area (Å²) in [6, 6.07) is -0.139. The fourth-order valence-corrected chi connectivity index (χ4v) is 1.98. The standard InChI is InChI=1S/C14H26N2O3/c1-10(2)14(3,4)9-15-13(19)16-7-5-6-11(8-16)12(17)18/h10-11H,5-9H2,1-4H3,(H,15,19)(H,17,18). The van der Waals surface area contributed by atoms with Gasteiger partial charge in [-0.1, -0.05) is 27.7 Å². The molecule has 1 rings (SSSR count). The molecule has 1 aliphatic heterocycles. The second-order valence-corrected chi connectivity index (χ2v) is 6.43. The van der Waals surface area contributed by atoms with Crippen molar-refractivity contribution in [1.82, 2.24) is 10.2 Å². The van der Waals surface area contributed by atoms with E-state index in [0.29, 0.717) is 32.0 Å². The van der Waals surface area contributed by atoms with Gasteiger partial charge >= 0.3 is 12.0 Å². The highest BCUT2D eigenvalue weighted by atomic mass is 16.4. The van der Waals surface area contributed by atoms with Gasteiger partial charge in [0.1, 0.15) is 0 Å². The van der Waals surface area contributed by atoms with E-state index in [1.807, 2.05) is 0 Å². The fraction of sp³-hybridized carbons (Fsp3) is 0.857. The molecule has 1 heterocycles. The van der Waals surface area contributed by atoms with Crippen LogP contribution in [0.25, 0.3) is 0 Å². The molecule has 0 aromatic carbocycles. The highest BCUT2D eigenvalue weighted by Crippen LogP contribution is 2.25. The van der Waals surface area contributed by atoms with Crippen molar-refractivity contribution >= 4 is 12.0 Å². The van der Waals surface area contributed by atoms with Gasteiger partial charge in [-0.2, -0.15) is 0 Å². The molecule has 0 aromatic heterocycles. The number of hydrogen-bond acceptors (Lipinski definition) is 2. The second-order valence-electron chi connectivity index (χ2n) is 6.43. The highest BCUT2D eigenvalue weighted by Gasteiger charge is 2.29. The van der Waals surface area contributed by atoms with Crippen LogP contribution in [0.2, 0.25) is 0 Å². The number of hydrogen-bond donors (Lipinski definition) is 2. The van der Waals surface area contributed by atoms with Gasteiger partial charge in [-0.15, -0.1) is 0 Å². The number of aliphatic carboxylic acids is 1. The molecule has 19 heavy (non-hydrogen) atoms. The van der Waals surface area contributed by atoms with Crippen molar-refractivity contribution in [2.45, 2.75) is 40.5 Å². The van der Waals surface area contributed by atoms with E-state index in [1.165, 1.54) is 0 Å². The summed E-state index contributed by atoms with van der Waals surface area (Å²) in [6.07, 6.45) is 1.43. The van der Waals surface area contributed by atoms with Crippen molar-refractivity contribution in [1.29, 1.82) is 0 Å². The van der Waals surface area contributed by atoms with Crippen LogP contribution >= 0.6 is 0 Å². The van der Waals surface area contributed by atoms with Crippen LogP contribution in [-0.2, 0) is 4.79 Å². The number of nitrogens with one attached hydrogen (secondary N) is 1. The maximum Gasteiger partial charge on any atom is 0.317 e. The molecule has 0 saturated carbocycles. The molecule has 2 amide bonds. The minimum absolute atomic E-state index is 0.0393. The van der Waals surface area contributed by atoms with Crippen LogP contribution in [0.15, 0.2) is 0 Å². The zero-order valence-corrected chi connectivity index (χ0v) is 12.4. The van der Waals surface area contributed by atoms with Crippen molar-refractivity contribution in [3.05, 3.63) is 0 Å². The van der Waals surface area contributed by atoms with E-state index in [9.17, 15) is 9.59 Å². The van der Waals surface area contributed by atoms with Gasteiger partial charge in [0.05, 0.1) is 5.92 Å². The summed E-state index contributed by atoms with van der Waals surface area (Å²) >= 11 is 0. The van der Waals surface area contributed by atoms with Crippen molar-refractivity contribution in [2.75, 3.05) is 19.6 Å². The van der Waals surface area contributed by atoms with Gasteiger partial charge in [0.25, 0.3) is 0 Å². The Morgan fingerprint density at radius 2 is 2.05 bits per heavy atom. The van der Waals surface area contributed by atoms with Crippen molar-refractivity contribution in [2.24, 2.45) is 17.3 Å². The molecule has 0 bridgehead atoms. The molecule has 1 aliphatic rings. The lowest BCUT2D eigenvalue weighted by Crippen LogP contribution is -2.49. The van der Waals surface area contributed by atoms with E-state index in [1.54, 1.807) is 4.90 Å². The summed E-state index contributed by atoms with van der Waals surface area (Å²) in [7, 11) is 0. The minimum atomic E-state index is -0.806. The molecule has 2 N–H and O–H groups in total. The third kappa shape index (κ3) is 4.40. The van der Waals surface area contributed by atoms with E-state index < -0.39 is 11.9 Å². The van der Waals surface area contributed by atoms with Gasteiger partial charge in [0, 0.05) is 19.6 Å². The highest BCUT2D eigenvalue weighted by molar-refractivity contribution is 5.76. The molecule has 1 fully saturated rings. The Morgan fingerprint density at radius 1 is 1.42 bits per heavy atom. The molecule has 110 valence electrons. The lowest BCUT2D eigenvalue weighted by Gasteiger charge is -2.34. The first-order chi connectivity index (χ1) is 8.74. The number of likely N-dealkylation sites (tertiary alicyclic amines) is 1. The third-order valence-electron chi connectivity index (χ3n) is 4.32. The first-order valence-electron chi connectivity index (χ1n) is 6.99. The Labute approximate surface area is 115 Å². The predicted molar refractivity (Wildman–Crippen MR) is 74.0 cm³/mol. The number of carboxylic acid groups (broad SMARTS) is 1. The number of carboxylic acids is 1. The lowest BCUT2D eigenvalue weighted by atomic mass is 9.81. The smallest absolute Gasteiger partial charge is 0.317 e. The summed E-state index contributed by atoms with van der Waals surface area (Å²) in [5.41, 5.74) is 0.0393. The van der Waals surface area contributed by atoms with Crippen LogP contribution in [0.5, 0.6) is 0 Å². The van der Waals surface area contributed by atoms with Crippen LogP contribution in [0, 0.1) is 17.3 Å². The Hall–Kier alpha value is -1.26. The number of urea groups is 1. The van der Waals surface area contributed by atoms with Crippen LogP contribution < -0.4 is 5.32 Å². The molecular formula is C14H26N2O3. The van der Waals surface area contributed by atoms with Crippen LogP contribution in [0.1, 0.15) is 40.5 Å². The molecule has 0 aromatic rings. The Balaban J connectivity index is 2.47. The number of carbonyl (C=O) groups excluding carboxylic acids is 1. The summed E-state index contributed by atoms with van der Waals surface area (Å²) < 4.78 is 0. The molecule has 0 spiro atoms. The Bertz CT molecular complexity index is 340. The largest absolute Gasteiger partial charge is 0.481 e. The molecule has 5 heteroatoms. The normalized spacial score (nSPS) is 20.5. The van der Waals surface area contributed by atoms with Crippen LogP contribution in [-0.4, -0.2) is 41.6 Å². The molecule has 5 nitrogen and oxygen atoms in total. The molecule has 0 radical (unpaired) electrons. The average molecular weight is 270 g/mol. The first kappa shape index (κ1) is 15.8. The van der Waals surface area contributed by atoms with E-state index in [0.717, 1.165) is 6.42 Å². The molecule has 1 unspecified atom stereocenters. The van der Waals surface area contributed by atoms with E-state index in [4.69, 9.17) is 5.11 Å². The molecule has 1 saturated heterocycles. The number of piperidine rings is 1. The maximum absolute atomic E-state index is 12.1. The van der Waals surface area contributed by atoms with E-state index in [2.05, 4.69) is 33.0 Å². The van der Waals surface area contributed by atoms with Crippen molar-refractivity contribution in [3.8, 4) is 0 Å². The lowest BCUT2D eigenvalue weighted by molar-refractivity contribution is -0.143. The third-order valence-corrected chi connectivity index (χ3v) is 4.32.